The molecular formula is C18H14N6O2. The Labute approximate surface area is 146 Å². The summed E-state index contributed by atoms with van der Waals surface area (Å²) in [6.45, 7) is 0.254. The van der Waals surface area contributed by atoms with E-state index in [-0.39, 0.29) is 6.54 Å². The molecule has 5 rings (SSSR count). The van der Waals surface area contributed by atoms with Crippen molar-refractivity contribution in [3.8, 4) is 11.4 Å². The lowest BCUT2D eigenvalue weighted by molar-refractivity contribution is 0.377. The molecule has 0 fully saturated rings. The second-order valence-corrected chi connectivity index (χ2v) is 6.04. The first-order valence-electron chi connectivity index (χ1n) is 8.11. The Morgan fingerprint density at radius 3 is 2.88 bits per heavy atom. The number of aryl methyl sites for hydroxylation is 1. The van der Waals surface area contributed by atoms with Gasteiger partial charge < -0.3 is 9.55 Å². The Kier molecular flexibility index (Phi) is 3.05. The van der Waals surface area contributed by atoms with Crippen molar-refractivity contribution in [1.29, 1.82) is 0 Å². The van der Waals surface area contributed by atoms with Gasteiger partial charge in [0.1, 0.15) is 17.0 Å². The van der Waals surface area contributed by atoms with Gasteiger partial charge in [-0.05, 0) is 6.07 Å². The summed E-state index contributed by atoms with van der Waals surface area (Å²) in [7, 11) is 1.93. The molecule has 0 spiro atoms. The van der Waals surface area contributed by atoms with Gasteiger partial charge in [0.05, 0.1) is 18.3 Å². The fourth-order valence-electron chi connectivity index (χ4n) is 3.25. The van der Waals surface area contributed by atoms with Crippen molar-refractivity contribution < 1.29 is 4.52 Å². The van der Waals surface area contributed by atoms with Gasteiger partial charge in [-0.15, -0.1) is 0 Å². The maximum Gasteiger partial charge on any atom is 0.442 e. The van der Waals surface area contributed by atoms with Gasteiger partial charge in [0.25, 0.3) is 0 Å². The topological polar surface area (TPSA) is 94.5 Å². The summed E-state index contributed by atoms with van der Waals surface area (Å²) < 4.78 is 8.36. The third kappa shape index (κ3) is 2.08. The van der Waals surface area contributed by atoms with E-state index >= 15 is 0 Å². The van der Waals surface area contributed by atoms with Gasteiger partial charge in [0.2, 0.25) is 0 Å². The highest BCUT2D eigenvalue weighted by molar-refractivity contribution is 6.01. The highest BCUT2D eigenvalue weighted by Crippen LogP contribution is 2.24. The van der Waals surface area contributed by atoms with Crippen molar-refractivity contribution in [2.24, 2.45) is 7.05 Å². The Balaban J connectivity index is 1.66. The first-order chi connectivity index (χ1) is 12.7. The smallest absolute Gasteiger partial charge is 0.346 e. The number of hydrogen-bond acceptors (Lipinski definition) is 5. The zero-order valence-electron chi connectivity index (χ0n) is 13.9. The normalized spacial score (nSPS) is 11.6. The van der Waals surface area contributed by atoms with Crippen molar-refractivity contribution in [3.05, 3.63) is 65.2 Å². The summed E-state index contributed by atoms with van der Waals surface area (Å²) in [5, 5.41) is 4.92. The van der Waals surface area contributed by atoms with Crippen LogP contribution in [-0.2, 0) is 13.6 Å². The van der Waals surface area contributed by atoms with Crippen LogP contribution in [-0.4, -0.2) is 29.2 Å². The van der Waals surface area contributed by atoms with Gasteiger partial charge >= 0.3 is 5.76 Å². The number of nitrogens with one attached hydrogen (secondary N) is 1. The van der Waals surface area contributed by atoms with E-state index in [2.05, 4.69) is 20.1 Å². The zero-order chi connectivity index (χ0) is 17.7. The standard InChI is InChI=1S/C18H14N6O2/c1-23-14(21-13-9-20-16-12(15(13)23)7-8-19-16)10-24-17(22-26-18(24)25)11-5-3-2-4-6-11/h2-9H,10H2,1H3,(H,19,20). The number of pyridine rings is 1. The van der Waals surface area contributed by atoms with Crippen LogP contribution in [0.15, 0.2) is 58.1 Å². The molecule has 0 radical (unpaired) electrons. The molecule has 1 N–H and O–H groups in total. The van der Waals surface area contributed by atoms with Gasteiger partial charge in [-0.1, -0.05) is 35.5 Å². The number of benzene rings is 1. The van der Waals surface area contributed by atoms with Crippen LogP contribution in [0.4, 0.5) is 0 Å². The molecule has 0 aliphatic carbocycles. The molecule has 5 aromatic rings. The summed E-state index contributed by atoms with van der Waals surface area (Å²) >= 11 is 0. The van der Waals surface area contributed by atoms with Crippen LogP contribution in [0.2, 0.25) is 0 Å². The fourth-order valence-corrected chi connectivity index (χ4v) is 3.25. The second kappa shape index (κ2) is 5.41. The van der Waals surface area contributed by atoms with Crippen LogP contribution in [0.25, 0.3) is 33.5 Å². The van der Waals surface area contributed by atoms with E-state index in [4.69, 9.17) is 4.52 Å². The lowest BCUT2D eigenvalue weighted by atomic mass is 10.2. The first kappa shape index (κ1) is 14.6. The third-order valence-electron chi connectivity index (χ3n) is 4.53. The van der Waals surface area contributed by atoms with Crippen LogP contribution in [0.5, 0.6) is 0 Å². The summed E-state index contributed by atoms with van der Waals surface area (Å²) in [4.78, 5) is 24.3. The van der Waals surface area contributed by atoms with Crippen molar-refractivity contribution in [3.63, 3.8) is 0 Å². The lowest BCUT2D eigenvalue weighted by Crippen LogP contribution is -2.18. The van der Waals surface area contributed by atoms with E-state index in [1.54, 1.807) is 6.20 Å². The molecule has 0 saturated heterocycles. The molecule has 128 valence electrons. The van der Waals surface area contributed by atoms with E-state index in [1.807, 2.05) is 54.2 Å². The molecule has 0 aliphatic rings. The molecule has 8 nitrogen and oxygen atoms in total. The number of aromatic nitrogens is 6. The number of fused-ring (bicyclic) bond motifs is 3. The zero-order valence-corrected chi connectivity index (χ0v) is 13.9. The number of H-pyrrole nitrogens is 1. The lowest BCUT2D eigenvalue weighted by Gasteiger charge is -2.05. The number of hydrogen-bond donors (Lipinski definition) is 1. The second-order valence-electron chi connectivity index (χ2n) is 6.04. The molecule has 0 amide bonds. The Hall–Kier alpha value is -3.68. The van der Waals surface area contributed by atoms with Gasteiger partial charge in [0, 0.05) is 24.2 Å². The maximum absolute atomic E-state index is 12.2. The summed E-state index contributed by atoms with van der Waals surface area (Å²) in [5.41, 5.74) is 3.36. The molecule has 0 bridgehead atoms. The SMILES string of the molecule is Cn1c(Cn2c(-c3ccccc3)noc2=O)nc2cnc3[nH]ccc3c21. The molecule has 4 aromatic heterocycles. The van der Waals surface area contributed by atoms with Gasteiger partial charge in [-0.3, -0.25) is 4.52 Å². The van der Waals surface area contributed by atoms with E-state index < -0.39 is 5.76 Å². The van der Waals surface area contributed by atoms with Gasteiger partial charge in [-0.2, -0.15) is 0 Å². The van der Waals surface area contributed by atoms with Crippen LogP contribution < -0.4 is 5.76 Å². The summed E-state index contributed by atoms with van der Waals surface area (Å²) in [6.07, 6.45) is 3.58. The number of imidazole rings is 1. The van der Waals surface area contributed by atoms with E-state index in [1.165, 1.54) is 4.57 Å². The average Bonchev–Trinajstić information content (AvgIpc) is 3.35. The predicted octanol–water partition coefficient (Wildman–Crippen LogP) is 2.31. The maximum atomic E-state index is 12.2. The van der Waals surface area contributed by atoms with E-state index in [9.17, 15) is 4.79 Å². The quantitative estimate of drug-likeness (QED) is 0.541. The van der Waals surface area contributed by atoms with Crippen molar-refractivity contribution >= 4 is 22.1 Å². The highest BCUT2D eigenvalue weighted by atomic mass is 16.5. The van der Waals surface area contributed by atoms with Crippen LogP contribution in [0, 0.1) is 0 Å². The molecule has 8 heteroatoms. The summed E-state index contributed by atoms with van der Waals surface area (Å²) in [6, 6.07) is 11.4. The van der Waals surface area contributed by atoms with Gasteiger partial charge in [0.15, 0.2) is 5.82 Å². The molecule has 0 aliphatic heterocycles. The highest BCUT2D eigenvalue weighted by Gasteiger charge is 2.17. The summed E-state index contributed by atoms with van der Waals surface area (Å²) in [5.74, 6) is 0.686. The Morgan fingerprint density at radius 2 is 2.04 bits per heavy atom. The molecule has 0 saturated carbocycles. The minimum atomic E-state index is -0.513. The van der Waals surface area contributed by atoms with Crippen molar-refractivity contribution in [1.82, 2.24) is 29.2 Å². The van der Waals surface area contributed by atoms with Gasteiger partial charge in [-0.25, -0.2) is 19.3 Å². The van der Waals surface area contributed by atoms with Crippen LogP contribution in [0.3, 0.4) is 0 Å². The van der Waals surface area contributed by atoms with E-state index in [0.717, 1.165) is 33.5 Å². The monoisotopic (exact) mass is 346 g/mol. The molecule has 0 atom stereocenters. The van der Waals surface area contributed by atoms with Crippen molar-refractivity contribution in [2.45, 2.75) is 6.54 Å². The van der Waals surface area contributed by atoms with Crippen LogP contribution in [0.1, 0.15) is 5.82 Å². The Bertz CT molecular complexity index is 1290. The molecule has 4 heterocycles. The molecule has 1 aromatic carbocycles. The number of aromatic amines is 1. The largest absolute Gasteiger partial charge is 0.442 e. The average molecular weight is 346 g/mol. The first-order valence-corrected chi connectivity index (χ1v) is 8.11. The predicted molar refractivity (Wildman–Crippen MR) is 95.7 cm³/mol. The molecule has 26 heavy (non-hydrogen) atoms. The minimum Gasteiger partial charge on any atom is -0.346 e. The number of rotatable bonds is 3. The molecule has 0 unspecified atom stereocenters. The fraction of sp³-hybridized carbons (Fsp3) is 0.111. The number of nitrogens with zero attached hydrogens (tertiary/aromatic N) is 5. The molecular weight excluding hydrogens is 332 g/mol. The van der Waals surface area contributed by atoms with E-state index in [0.29, 0.717) is 5.82 Å². The van der Waals surface area contributed by atoms with Crippen molar-refractivity contribution in [2.75, 3.05) is 0 Å². The minimum absolute atomic E-state index is 0.254. The third-order valence-corrected chi connectivity index (χ3v) is 4.53. The van der Waals surface area contributed by atoms with Crippen LogP contribution >= 0.6 is 0 Å². The Morgan fingerprint density at radius 1 is 1.19 bits per heavy atom.